The van der Waals surface area contributed by atoms with Crippen LogP contribution < -0.4 is 5.32 Å². The van der Waals surface area contributed by atoms with E-state index in [-0.39, 0.29) is 11.9 Å². The zero-order valence-corrected chi connectivity index (χ0v) is 13.3. The van der Waals surface area contributed by atoms with Crippen molar-refractivity contribution in [3.05, 3.63) is 36.4 Å². The predicted molar refractivity (Wildman–Crippen MR) is 84.9 cm³/mol. The molecule has 7 heteroatoms. The van der Waals surface area contributed by atoms with Gasteiger partial charge in [0.15, 0.2) is 0 Å². The van der Waals surface area contributed by atoms with Crippen LogP contribution in [0, 0.1) is 0 Å². The minimum Gasteiger partial charge on any atom is -0.348 e. The van der Waals surface area contributed by atoms with Gasteiger partial charge in [0.2, 0.25) is 0 Å². The summed E-state index contributed by atoms with van der Waals surface area (Å²) in [5.74, 6) is -0.0711. The molecule has 2 aliphatic rings. The molecule has 0 aromatic carbocycles. The van der Waals surface area contributed by atoms with Crippen LogP contribution in [0.2, 0.25) is 0 Å². The van der Waals surface area contributed by atoms with E-state index in [2.05, 4.69) is 27.5 Å². The first-order valence-corrected chi connectivity index (χ1v) is 8.23. The second kappa shape index (κ2) is 5.81. The molecule has 23 heavy (non-hydrogen) atoms. The summed E-state index contributed by atoms with van der Waals surface area (Å²) in [6, 6.07) is 5.15. The van der Waals surface area contributed by atoms with E-state index >= 15 is 0 Å². The van der Waals surface area contributed by atoms with Gasteiger partial charge >= 0.3 is 0 Å². The van der Waals surface area contributed by atoms with E-state index in [1.165, 1.54) is 12.8 Å². The molecule has 0 aliphatic carbocycles. The number of nitrogens with one attached hydrogen (secondary N) is 1. The third-order valence-electron chi connectivity index (χ3n) is 5.16. The largest absolute Gasteiger partial charge is 0.348 e. The van der Waals surface area contributed by atoms with Crippen molar-refractivity contribution in [2.45, 2.75) is 50.5 Å². The topological polar surface area (TPSA) is 68.0 Å². The van der Waals surface area contributed by atoms with E-state index in [1.807, 2.05) is 18.5 Å². The van der Waals surface area contributed by atoms with Gasteiger partial charge in [-0.25, -0.2) is 0 Å². The van der Waals surface area contributed by atoms with Gasteiger partial charge in [-0.05, 0) is 44.9 Å². The number of hydrogen-bond acceptors (Lipinski definition) is 4. The maximum atomic E-state index is 12.4. The van der Waals surface area contributed by atoms with E-state index in [0.717, 1.165) is 12.8 Å². The number of hydrogen-bond donors (Lipinski definition) is 1. The molecule has 2 saturated heterocycles. The van der Waals surface area contributed by atoms with Crippen molar-refractivity contribution in [1.29, 1.82) is 0 Å². The zero-order chi connectivity index (χ0) is 15.8. The van der Waals surface area contributed by atoms with Gasteiger partial charge in [0.25, 0.3) is 5.91 Å². The van der Waals surface area contributed by atoms with Crippen molar-refractivity contribution in [2.24, 2.45) is 0 Å². The number of nitrogens with zero attached hydrogens (tertiary/aromatic N) is 5. The number of rotatable bonds is 4. The lowest BCUT2D eigenvalue weighted by molar-refractivity contribution is 0.0876. The molecule has 1 amide bonds. The maximum Gasteiger partial charge on any atom is 0.271 e. The van der Waals surface area contributed by atoms with Crippen LogP contribution in [0.1, 0.15) is 36.2 Å². The normalized spacial score (nSPS) is 27.3. The van der Waals surface area contributed by atoms with E-state index in [9.17, 15) is 4.79 Å². The highest BCUT2D eigenvalue weighted by Gasteiger charge is 2.38. The molecule has 2 atom stereocenters. The molecule has 4 rings (SSSR count). The molecule has 2 unspecified atom stereocenters. The molecule has 0 radical (unpaired) electrons. The lowest BCUT2D eigenvalue weighted by Gasteiger charge is -2.36. The summed E-state index contributed by atoms with van der Waals surface area (Å²) < 4.78 is 3.49. The number of aromatic nitrogens is 4. The average Bonchev–Trinajstić information content (AvgIpc) is 3.23. The minimum absolute atomic E-state index is 0.0711. The molecule has 0 spiro atoms. The lowest BCUT2D eigenvalue weighted by atomic mass is 9.98. The zero-order valence-electron chi connectivity index (χ0n) is 13.3. The van der Waals surface area contributed by atoms with Crippen LogP contribution in [0.5, 0.6) is 0 Å². The summed E-state index contributed by atoms with van der Waals surface area (Å²) >= 11 is 0. The number of piperidine rings is 1. The fourth-order valence-electron chi connectivity index (χ4n) is 3.88. The maximum absolute atomic E-state index is 12.4. The van der Waals surface area contributed by atoms with Gasteiger partial charge in [-0.2, -0.15) is 10.2 Å². The van der Waals surface area contributed by atoms with Crippen LogP contribution in [0.4, 0.5) is 0 Å². The van der Waals surface area contributed by atoms with Gasteiger partial charge in [-0.3, -0.25) is 14.2 Å². The Morgan fingerprint density at radius 2 is 2.04 bits per heavy atom. The van der Waals surface area contributed by atoms with Crippen molar-refractivity contribution in [1.82, 2.24) is 29.8 Å². The van der Waals surface area contributed by atoms with Gasteiger partial charge in [0.05, 0.1) is 0 Å². The molecule has 2 aromatic rings. The Hall–Kier alpha value is -2.15. The van der Waals surface area contributed by atoms with Gasteiger partial charge < -0.3 is 10.2 Å². The van der Waals surface area contributed by atoms with Crippen molar-refractivity contribution in [2.75, 3.05) is 7.05 Å². The summed E-state index contributed by atoms with van der Waals surface area (Å²) in [5, 5.41) is 11.7. The lowest BCUT2D eigenvalue weighted by Crippen LogP contribution is -2.48. The van der Waals surface area contributed by atoms with Crippen LogP contribution in [0.15, 0.2) is 30.7 Å². The number of carbonyl (C=O) groups excluding carboxylic acids is 1. The highest BCUT2D eigenvalue weighted by molar-refractivity contribution is 5.92. The number of amides is 1. The Kier molecular flexibility index (Phi) is 3.65. The quantitative estimate of drug-likeness (QED) is 0.912. The van der Waals surface area contributed by atoms with Crippen molar-refractivity contribution >= 4 is 5.91 Å². The molecule has 2 aliphatic heterocycles. The van der Waals surface area contributed by atoms with E-state index < -0.39 is 0 Å². The Morgan fingerprint density at radius 3 is 2.74 bits per heavy atom. The molecule has 2 aromatic heterocycles. The Bertz CT molecular complexity index is 665. The Labute approximate surface area is 135 Å². The SMILES string of the molecule is CN1C2CCC1CC(NC(=O)c1ccn(Cn3cccn3)n1)C2. The van der Waals surface area contributed by atoms with Gasteiger partial charge in [-0.15, -0.1) is 0 Å². The fraction of sp³-hybridized carbons (Fsp3) is 0.562. The van der Waals surface area contributed by atoms with E-state index in [0.29, 0.717) is 24.4 Å². The number of fused-ring (bicyclic) bond motifs is 2. The van der Waals surface area contributed by atoms with Crippen molar-refractivity contribution < 1.29 is 4.79 Å². The van der Waals surface area contributed by atoms with Crippen LogP contribution >= 0.6 is 0 Å². The van der Waals surface area contributed by atoms with Crippen LogP contribution in [0.25, 0.3) is 0 Å². The molecule has 122 valence electrons. The first-order chi connectivity index (χ1) is 11.2. The van der Waals surface area contributed by atoms with Crippen LogP contribution in [0.3, 0.4) is 0 Å². The molecule has 7 nitrogen and oxygen atoms in total. The molecular weight excluding hydrogens is 292 g/mol. The summed E-state index contributed by atoms with van der Waals surface area (Å²) in [6.45, 7) is 0.513. The molecule has 4 heterocycles. The molecule has 2 fully saturated rings. The summed E-state index contributed by atoms with van der Waals surface area (Å²) in [7, 11) is 2.21. The van der Waals surface area contributed by atoms with Gasteiger partial charge in [-0.1, -0.05) is 0 Å². The number of carbonyl (C=O) groups is 1. The minimum atomic E-state index is -0.0711. The third kappa shape index (κ3) is 2.88. The molecule has 2 bridgehead atoms. The summed E-state index contributed by atoms with van der Waals surface area (Å²) in [6.07, 6.45) is 10.0. The first-order valence-electron chi connectivity index (χ1n) is 8.23. The standard InChI is InChI=1S/C16H22N6O/c1-20-13-3-4-14(20)10-12(9-13)18-16(23)15-5-8-22(19-15)11-21-7-2-6-17-21/h2,5-8,12-14H,3-4,9-11H2,1H3,(H,18,23). The van der Waals surface area contributed by atoms with Crippen LogP contribution in [-0.2, 0) is 6.67 Å². The Balaban J connectivity index is 1.37. The second-order valence-corrected chi connectivity index (χ2v) is 6.62. The van der Waals surface area contributed by atoms with Crippen molar-refractivity contribution in [3.8, 4) is 0 Å². The monoisotopic (exact) mass is 314 g/mol. The van der Waals surface area contributed by atoms with Crippen LogP contribution in [-0.4, -0.2) is 55.5 Å². The van der Waals surface area contributed by atoms with Gasteiger partial charge in [0.1, 0.15) is 12.4 Å². The average molecular weight is 314 g/mol. The Morgan fingerprint density at radius 1 is 1.26 bits per heavy atom. The highest BCUT2D eigenvalue weighted by atomic mass is 16.2. The van der Waals surface area contributed by atoms with Gasteiger partial charge in [0, 0.05) is 36.7 Å². The van der Waals surface area contributed by atoms with E-state index in [4.69, 9.17) is 0 Å². The third-order valence-corrected chi connectivity index (χ3v) is 5.16. The van der Waals surface area contributed by atoms with Crippen molar-refractivity contribution in [3.63, 3.8) is 0 Å². The van der Waals surface area contributed by atoms with E-state index in [1.54, 1.807) is 21.6 Å². The molecule has 1 N–H and O–H groups in total. The second-order valence-electron chi connectivity index (χ2n) is 6.62. The smallest absolute Gasteiger partial charge is 0.271 e. The highest BCUT2D eigenvalue weighted by Crippen LogP contribution is 2.34. The molecular formula is C16H22N6O. The molecule has 0 saturated carbocycles. The predicted octanol–water partition coefficient (Wildman–Crippen LogP) is 0.940. The summed E-state index contributed by atoms with van der Waals surface area (Å²) in [5.41, 5.74) is 0.475. The fourth-order valence-corrected chi connectivity index (χ4v) is 3.88. The first kappa shape index (κ1) is 14.4. The summed E-state index contributed by atoms with van der Waals surface area (Å²) in [4.78, 5) is 14.9.